The van der Waals surface area contributed by atoms with Gasteiger partial charge in [-0.3, -0.25) is 0 Å². The van der Waals surface area contributed by atoms with Gasteiger partial charge in [-0.1, -0.05) is 0 Å². The molecule has 1 atom stereocenters. The van der Waals surface area contributed by atoms with Crippen LogP contribution in [-0.2, 0) is 0 Å². The highest BCUT2D eigenvalue weighted by Crippen LogP contribution is 2.60. The van der Waals surface area contributed by atoms with Gasteiger partial charge in [-0.15, -0.1) is 0 Å². The minimum atomic E-state index is -0.294. The highest BCUT2D eigenvalue weighted by atomic mass is 32.2. The maximum atomic E-state index is 9.61. The van der Waals surface area contributed by atoms with Gasteiger partial charge in [-0.05, 0) is 56.3 Å². The quantitative estimate of drug-likeness (QED) is 0.791. The number of rotatable bonds is 4. The standard InChI is InChI=1S/C13H23NOS/c14-7-12(15)8-16-13-4-9-1-10(5-13)3-11(2-9)6-13/h9-12,15H,1-8,14H2. The molecule has 0 amide bonds. The largest absolute Gasteiger partial charge is 0.391 e. The van der Waals surface area contributed by atoms with Crippen molar-refractivity contribution in [3.63, 3.8) is 0 Å². The molecule has 16 heavy (non-hydrogen) atoms. The van der Waals surface area contributed by atoms with E-state index in [1.54, 1.807) is 0 Å². The minimum absolute atomic E-state index is 0.294. The van der Waals surface area contributed by atoms with Gasteiger partial charge < -0.3 is 10.8 Å². The van der Waals surface area contributed by atoms with Crippen molar-refractivity contribution in [1.29, 1.82) is 0 Å². The van der Waals surface area contributed by atoms with Crippen LogP contribution in [0.5, 0.6) is 0 Å². The average Bonchev–Trinajstić information content (AvgIpc) is 2.24. The molecular weight excluding hydrogens is 218 g/mol. The Morgan fingerprint density at radius 1 is 1.12 bits per heavy atom. The summed E-state index contributed by atoms with van der Waals surface area (Å²) in [5.74, 6) is 3.87. The Hall–Kier alpha value is 0.270. The molecule has 4 fully saturated rings. The summed E-state index contributed by atoms with van der Waals surface area (Å²) in [7, 11) is 0. The summed E-state index contributed by atoms with van der Waals surface area (Å²) in [6.07, 6.45) is 8.46. The molecule has 4 aliphatic rings. The second-order valence-corrected chi connectivity index (χ2v) is 7.79. The maximum Gasteiger partial charge on any atom is 0.0752 e. The van der Waals surface area contributed by atoms with Crippen LogP contribution in [-0.4, -0.2) is 28.3 Å². The van der Waals surface area contributed by atoms with Gasteiger partial charge in [0.15, 0.2) is 0 Å². The number of thioether (sulfide) groups is 1. The molecule has 0 saturated heterocycles. The molecule has 92 valence electrons. The highest BCUT2D eigenvalue weighted by molar-refractivity contribution is 8.00. The summed E-state index contributed by atoms with van der Waals surface area (Å²) in [6, 6.07) is 0. The van der Waals surface area contributed by atoms with Gasteiger partial charge in [0.2, 0.25) is 0 Å². The van der Waals surface area contributed by atoms with Crippen molar-refractivity contribution in [2.24, 2.45) is 23.5 Å². The smallest absolute Gasteiger partial charge is 0.0752 e. The Bertz CT molecular complexity index is 233. The molecule has 4 aliphatic carbocycles. The van der Waals surface area contributed by atoms with Crippen LogP contribution in [0.3, 0.4) is 0 Å². The summed E-state index contributed by atoms with van der Waals surface area (Å²) in [6.45, 7) is 0.416. The molecule has 4 rings (SSSR count). The molecule has 3 heteroatoms. The van der Waals surface area contributed by atoms with Gasteiger partial charge in [0.1, 0.15) is 0 Å². The average molecular weight is 241 g/mol. The van der Waals surface area contributed by atoms with E-state index in [0.29, 0.717) is 11.3 Å². The van der Waals surface area contributed by atoms with Crippen LogP contribution in [0.25, 0.3) is 0 Å². The third-order valence-electron chi connectivity index (χ3n) is 4.84. The molecular formula is C13H23NOS. The van der Waals surface area contributed by atoms with E-state index in [-0.39, 0.29) is 6.10 Å². The number of hydrogen-bond donors (Lipinski definition) is 2. The fourth-order valence-electron chi connectivity index (χ4n) is 4.55. The number of nitrogens with two attached hydrogens (primary N) is 1. The van der Waals surface area contributed by atoms with Gasteiger partial charge in [-0.2, -0.15) is 11.8 Å². The van der Waals surface area contributed by atoms with Crippen molar-refractivity contribution in [2.75, 3.05) is 12.3 Å². The van der Waals surface area contributed by atoms with E-state index < -0.39 is 0 Å². The van der Waals surface area contributed by atoms with E-state index in [2.05, 4.69) is 0 Å². The molecule has 4 saturated carbocycles. The fraction of sp³-hybridized carbons (Fsp3) is 1.00. The van der Waals surface area contributed by atoms with Crippen LogP contribution in [0, 0.1) is 17.8 Å². The van der Waals surface area contributed by atoms with Gasteiger partial charge in [0.25, 0.3) is 0 Å². The van der Waals surface area contributed by atoms with Crippen molar-refractivity contribution < 1.29 is 5.11 Å². The Morgan fingerprint density at radius 3 is 2.06 bits per heavy atom. The van der Waals surface area contributed by atoms with Crippen LogP contribution in [0.15, 0.2) is 0 Å². The van der Waals surface area contributed by atoms with Crippen molar-refractivity contribution in [3.05, 3.63) is 0 Å². The van der Waals surface area contributed by atoms with E-state index >= 15 is 0 Å². The zero-order valence-corrected chi connectivity index (χ0v) is 10.7. The van der Waals surface area contributed by atoms with Crippen LogP contribution in [0.4, 0.5) is 0 Å². The second-order valence-electron chi connectivity index (χ2n) is 6.30. The molecule has 0 spiro atoms. The first-order chi connectivity index (χ1) is 7.69. The Labute approximate surface area is 102 Å². The van der Waals surface area contributed by atoms with Crippen LogP contribution < -0.4 is 5.73 Å². The lowest BCUT2D eigenvalue weighted by molar-refractivity contribution is 0.0380. The first kappa shape index (κ1) is 11.4. The maximum absolute atomic E-state index is 9.61. The SMILES string of the molecule is NCC(O)CSC12CC3CC(CC(C3)C1)C2. The Morgan fingerprint density at radius 2 is 1.62 bits per heavy atom. The third kappa shape index (κ3) is 2.02. The fourth-order valence-corrected chi connectivity index (χ4v) is 6.29. The van der Waals surface area contributed by atoms with Gasteiger partial charge >= 0.3 is 0 Å². The molecule has 3 N–H and O–H groups in total. The van der Waals surface area contributed by atoms with Gasteiger partial charge in [0, 0.05) is 17.0 Å². The summed E-state index contributed by atoms with van der Waals surface area (Å²) in [5, 5.41) is 9.61. The topological polar surface area (TPSA) is 46.2 Å². The van der Waals surface area contributed by atoms with E-state index in [0.717, 1.165) is 23.5 Å². The molecule has 1 unspecified atom stereocenters. The Balaban J connectivity index is 1.64. The molecule has 0 radical (unpaired) electrons. The lowest BCUT2D eigenvalue weighted by Crippen LogP contribution is -2.49. The van der Waals surface area contributed by atoms with E-state index in [1.165, 1.54) is 38.5 Å². The normalized spacial score (nSPS) is 47.2. The van der Waals surface area contributed by atoms with E-state index in [9.17, 15) is 5.11 Å². The number of hydrogen-bond acceptors (Lipinski definition) is 3. The van der Waals surface area contributed by atoms with Gasteiger partial charge in [0.05, 0.1) is 6.10 Å². The van der Waals surface area contributed by atoms with Crippen molar-refractivity contribution in [1.82, 2.24) is 0 Å². The monoisotopic (exact) mass is 241 g/mol. The lowest BCUT2D eigenvalue weighted by Gasteiger charge is -2.56. The Kier molecular flexibility index (Phi) is 2.97. The number of aliphatic hydroxyl groups is 1. The third-order valence-corrected chi connectivity index (χ3v) is 6.50. The summed E-state index contributed by atoms with van der Waals surface area (Å²) >= 11 is 2.04. The van der Waals surface area contributed by atoms with Crippen molar-refractivity contribution >= 4 is 11.8 Å². The number of aliphatic hydroxyl groups excluding tert-OH is 1. The highest BCUT2D eigenvalue weighted by Gasteiger charge is 2.51. The van der Waals surface area contributed by atoms with Crippen LogP contribution in [0.2, 0.25) is 0 Å². The summed E-state index contributed by atoms with van der Waals surface area (Å²) < 4.78 is 0.533. The first-order valence-corrected chi connectivity index (χ1v) is 7.70. The van der Waals surface area contributed by atoms with E-state index in [4.69, 9.17) is 5.73 Å². The summed E-state index contributed by atoms with van der Waals surface area (Å²) in [5.41, 5.74) is 5.49. The molecule has 2 nitrogen and oxygen atoms in total. The van der Waals surface area contributed by atoms with E-state index in [1.807, 2.05) is 11.8 Å². The predicted octanol–water partition coefficient (Wildman–Crippen LogP) is 2.01. The summed E-state index contributed by atoms with van der Waals surface area (Å²) in [4.78, 5) is 0. The zero-order valence-electron chi connectivity index (χ0n) is 9.90. The van der Waals surface area contributed by atoms with Crippen LogP contribution >= 0.6 is 11.8 Å². The predicted molar refractivity (Wildman–Crippen MR) is 68.4 cm³/mol. The molecule has 0 heterocycles. The first-order valence-electron chi connectivity index (χ1n) is 6.71. The van der Waals surface area contributed by atoms with Gasteiger partial charge in [-0.25, -0.2) is 0 Å². The van der Waals surface area contributed by atoms with Crippen molar-refractivity contribution in [3.8, 4) is 0 Å². The molecule has 0 aromatic heterocycles. The van der Waals surface area contributed by atoms with Crippen molar-refractivity contribution in [2.45, 2.75) is 49.4 Å². The molecule has 0 aromatic rings. The lowest BCUT2D eigenvalue weighted by atomic mass is 9.56. The minimum Gasteiger partial charge on any atom is -0.391 e. The molecule has 0 aliphatic heterocycles. The molecule has 4 bridgehead atoms. The van der Waals surface area contributed by atoms with Crippen LogP contribution in [0.1, 0.15) is 38.5 Å². The molecule has 0 aromatic carbocycles. The second kappa shape index (κ2) is 4.18. The zero-order chi connectivity index (χ0) is 11.2.